The number of likely N-dealkylation sites (N-methyl/N-ethyl adjacent to an activating group) is 1. The summed E-state index contributed by atoms with van der Waals surface area (Å²) in [7, 11) is 2.09. The Morgan fingerprint density at radius 2 is 1.87 bits per heavy atom. The number of halogens is 1. The molecule has 3 aliphatic rings. The molecule has 200 valence electrons. The van der Waals surface area contributed by atoms with Gasteiger partial charge in [-0.1, -0.05) is 29.8 Å². The first-order valence-electron chi connectivity index (χ1n) is 13.9. The molecule has 2 aromatic heterocycles. The third-order valence-corrected chi connectivity index (χ3v) is 9.13. The van der Waals surface area contributed by atoms with Gasteiger partial charge in [0.1, 0.15) is 11.9 Å². The van der Waals surface area contributed by atoms with Gasteiger partial charge in [-0.3, -0.25) is 19.6 Å². The zero-order valence-corrected chi connectivity index (χ0v) is 23.1. The Kier molecular flexibility index (Phi) is 7.25. The molecule has 6 rings (SSSR count). The second kappa shape index (κ2) is 10.8. The lowest BCUT2D eigenvalue weighted by Crippen LogP contribution is -2.60. The lowest BCUT2D eigenvalue weighted by Gasteiger charge is -2.45. The molecule has 2 fully saturated rings. The standard InChI is InChI=1S/C30H37ClN6O/c1-21-32-13-15-35(21)18-22-6-5-14-37(19-22)30(38)26-20-36(17-16-34(26)2)29-27-23(7-3-9-25(27)31)10-11-24-8-4-12-33-28(24)29/h3-4,7-9,12-13,15,22,26,29H,5-6,10-11,14,16-20H2,1-2H3/t22-,26+,29?/m0/s1. The molecule has 38 heavy (non-hydrogen) atoms. The highest BCUT2D eigenvalue weighted by molar-refractivity contribution is 6.31. The molecule has 1 aliphatic carbocycles. The number of aromatic nitrogens is 3. The number of benzene rings is 1. The van der Waals surface area contributed by atoms with Gasteiger partial charge < -0.3 is 9.47 Å². The van der Waals surface area contributed by atoms with Crippen molar-refractivity contribution < 1.29 is 4.79 Å². The van der Waals surface area contributed by atoms with E-state index in [0.717, 1.165) is 80.5 Å². The number of pyridine rings is 1. The molecule has 3 aromatic rings. The van der Waals surface area contributed by atoms with E-state index < -0.39 is 0 Å². The van der Waals surface area contributed by atoms with Gasteiger partial charge in [-0.2, -0.15) is 0 Å². The Morgan fingerprint density at radius 1 is 1.03 bits per heavy atom. The minimum Gasteiger partial charge on any atom is -0.341 e. The summed E-state index contributed by atoms with van der Waals surface area (Å²) in [5, 5.41) is 0.793. The predicted octanol–water partition coefficient (Wildman–Crippen LogP) is 3.98. The summed E-state index contributed by atoms with van der Waals surface area (Å²) in [6, 6.07) is 10.3. The van der Waals surface area contributed by atoms with Crippen LogP contribution in [-0.4, -0.2) is 81.0 Å². The summed E-state index contributed by atoms with van der Waals surface area (Å²) in [5.41, 5.74) is 4.82. The first-order chi connectivity index (χ1) is 18.5. The molecule has 0 saturated carbocycles. The molecule has 2 aliphatic heterocycles. The van der Waals surface area contributed by atoms with Crippen LogP contribution in [0.5, 0.6) is 0 Å². The zero-order valence-electron chi connectivity index (χ0n) is 22.4. The first kappa shape index (κ1) is 25.5. The molecule has 1 amide bonds. The normalized spacial score (nSPS) is 24.5. The fourth-order valence-electron chi connectivity index (χ4n) is 6.67. The largest absolute Gasteiger partial charge is 0.341 e. The fraction of sp³-hybridized carbons (Fsp3) is 0.500. The molecular formula is C30H37ClN6O. The molecule has 2 saturated heterocycles. The van der Waals surface area contributed by atoms with Gasteiger partial charge in [-0.15, -0.1) is 0 Å². The highest BCUT2D eigenvalue weighted by Crippen LogP contribution is 2.40. The molecule has 7 nitrogen and oxygen atoms in total. The van der Waals surface area contributed by atoms with Gasteiger partial charge in [0.05, 0.1) is 11.7 Å². The van der Waals surface area contributed by atoms with Crippen molar-refractivity contribution in [2.24, 2.45) is 5.92 Å². The van der Waals surface area contributed by atoms with Crippen LogP contribution in [0.1, 0.15) is 47.1 Å². The molecule has 1 unspecified atom stereocenters. The van der Waals surface area contributed by atoms with E-state index in [1.165, 1.54) is 11.1 Å². The summed E-state index contributed by atoms with van der Waals surface area (Å²) < 4.78 is 2.21. The quantitative estimate of drug-likeness (QED) is 0.508. The first-order valence-corrected chi connectivity index (χ1v) is 14.3. The molecule has 1 aromatic carbocycles. The van der Waals surface area contributed by atoms with E-state index >= 15 is 0 Å². The van der Waals surface area contributed by atoms with Gasteiger partial charge in [0.25, 0.3) is 0 Å². The van der Waals surface area contributed by atoms with E-state index in [4.69, 9.17) is 16.6 Å². The number of carbonyl (C=O) groups excluding carboxylic acids is 1. The van der Waals surface area contributed by atoms with Crippen LogP contribution in [0.3, 0.4) is 0 Å². The van der Waals surface area contributed by atoms with Crippen molar-refractivity contribution in [3.63, 3.8) is 0 Å². The lowest BCUT2D eigenvalue weighted by atomic mass is 9.94. The van der Waals surface area contributed by atoms with Crippen LogP contribution in [0.15, 0.2) is 48.9 Å². The summed E-state index contributed by atoms with van der Waals surface area (Å²) in [5.74, 6) is 1.74. The molecule has 0 radical (unpaired) electrons. The van der Waals surface area contributed by atoms with Crippen molar-refractivity contribution >= 4 is 17.5 Å². The number of imidazole rings is 1. The summed E-state index contributed by atoms with van der Waals surface area (Å²) in [6.07, 6.45) is 9.90. The second-order valence-corrected chi connectivity index (χ2v) is 11.6. The summed E-state index contributed by atoms with van der Waals surface area (Å²) >= 11 is 6.88. The second-order valence-electron chi connectivity index (χ2n) is 11.2. The number of fused-ring (bicyclic) bond motifs is 2. The molecular weight excluding hydrogens is 496 g/mol. The van der Waals surface area contributed by atoms with Gasteiger partial charge in [0, 0.05) is 62.9 Å². The van der Waals surface area contributed by atoms with Gasteiger partial charge in [0.15, 0.2) is 0 Å². The van der Waals surface area contributed by atoms with E-state index in [0.29, 0.717) is 12.5 Å². The van der Waals surface area contributed by atoms with Crippen LogP contribution < -0.4 is 0 Å². The molecule has 4 heterocycles. The van der Waals surface area contributed by atoms with Gasteiger partial charge in [-0.25, -0.2) is 4.98 Å². The van der Waals surface area contributed by atoms with Crippen LogP contribution >= 0.6 is 11.6 Å². The van der Waals surface area contributed by atoms with Crippen molar-refractivity contribution in [2.45, 2.75) is 51.2 Å². The number of aryl methyl sites for hydroxylation is 3. The van der Waals surface area contributed by atoms with Gasteiger partial charge in [-0.05, 0) is 74.4 Å². The van der Waals surface area contributed by atoms with Crippen molar-refractivity contribution in [3.8, 4) is 0 Å². The molecule has 3 atom stereocenters. The van der Waals surface area contributed by atoms with Crippen LogP contribution in [0.2, 0.25) is 5.02 Å². The summed E-state index contributed by atoms with van der Waals surface area (Å²) in [4.78, 5) is 30.1. The van der Waals surface area contributed by atoms with Crippen molar-refractivity contribution in [1.29, 1.82) is 0 Å². The van der Waals surface area contributed by atoms with Crippen LogP contribution in [0.25, 0.3) is 0 Å². The SMILES string of the molecule is Cc1nccn1C[C@@H]1CCCN(C(=O)[C@H]2CN(C3c4ncccc4CCc4cccc(Cl)c43)CCN2C)C1. The average Bonchev–Trinajstić information content (AvgIpc) is 3.24. The van der Waals surface area contributed by atoms with Crippen molar-refractivity contribution in [2.75, 3.05) is 39.8 Å². The van der Waals surface area contributed by atoms with Crippen LogP contribution in [0, 0.1) is 12.8 Å². The number of hydrogen-bond donors (Lipinski definition) is 0. The third kappa shape index (κ3) is 4.88. The zero-order chi connectivity index (χ0) is 26.2. The molecule has 0 bridgehead atoms. The molecule has 0 spiro atoms. The van der Waals surface area contributed by atoms with E-state index in [2.05, 4.69) is 49.5 Å². The maximum absolute atomic E-state index is 14.0. The lowest BCUT2D eigenvalue weighted by molar-refractivity contribution is -0.141. The maximum atomic E-state index is 14.0. The third-order valence-electron chi connectivity index (χ3n) is 8.80. The van der Waals surface area contributed by atoms with Crippen molar-refractivity contribution in [1.82, 2.24) is 29.2 Å². The van der Waals surface area contributed by atoms with E-state index in [1.807, 2.05) is 37.6 Å². The summed E-state index contributed by atoms with van der Waals surface area (Å²) in [6.45, 7) is 6.98. The monoisotopic (exact) mass is 532 g/mol. The Balaban J connectivity index is 1.25. The average molecular weight is 533 g/mol. The number of hydrogen-bond acceptors (Lipinski definition) is 5. The number of piperidine rings is 1. The molecule has 8 heteroatoms. The fourth-order valence-corrected chi connectivity index (χ4v) is 6.97. The number of nitrogens with zero attached hydrogens (tertiary/aromatic N) is 6. The number of likely N-dealkylation sites (tertiary alicyclic amines) is 1. The Morgan fingerprint density at radius 3 is 2.71 bits per heavy atom. The maximum Gasteiger partial charge on any atom is 0.241 e. The van der Waals surface area contributed by atoms with Gasteiger partial charge >= 0.3 is 0 Å². The Labute approximate surface area is 230 Å². The van der Waals surface area contributed by atoms with Crippen LogP contribution in [0.4, 0.5) is 0 Å². The van der Waals surface area contributed by atoms with E-state index in [-0.39, 0.29) is 18.0 Å². The number of carbonyl (C=O) groups is 1. The molecule has 0 N–H and O–H groups in total. The smallest absolute Gasteiger partial charge is 0.241 e. The predicted molar refractivity (Wildman–Crippen MR) is 149 cm³/mol. The Hall–Kier alpha value is -2.74. The number of amides is 1. The minimum absolute atomic E-state index is 0.0419. The highest BCUT2D eigenvalue weighted by atomic mass is 35.5. The van der Waals surface area contributed by atoms with Gasteiger partial charge in [0.2, 0.25) is 5.91 Å². The van der Waals surface area contributed by atoms with Crippen molar-refractivity contribution in [3.05, 3.63) is 82.2 Å². The number of rotatable bonds is 4. The van der Waals surface area contributed by atoms with E-state index in [1.54, 1.807) is 0 Å². The Bertz CT molecular complexity index is 1310. The highest BCUT2D eigenvalue weighted by Gasteiger charge is 2.40. The topological polar surface area (TPSA) is 57.5 Å². The number of piperazine rings is 1. The minimum atomic E-state index is -0.182. The van der Waals surface area contributed by atoms with E-state index in [9.17, 15) is 4.79 Å². The van der Waals surface area contributed by atoms with Crippen LogP contribution in [-0.2, 0) is 24.2 Å².